The van der Waals surface area contributed by atoms with E-state index in [0.717, 1.165) is 10.9 Å². The maximum atomic E-state index is 13.4. The number of aliphatic imine (C=N–C) groups is 1. The highest BCUT2D eigenvalue weighted by Gasteiger charge is 2.30. The quantitative estimate of drug-likeness (QED) is 0.814. The van der Waals surface area contributed by atoms with Gasteiger partial charge in [-0.1, -0.05) is 36.7 Å². The van der Waals surface area contributed by atoms with Gasteiger partial charge in [-0.2, -0.15) is 0 Å². The van der Waals surface area contributed by atoms with Gasteiger partial charge in [-0.3, -0.25) is 4.99 Å². The van der Waals surface area contributed by atoms with E-state index in [0.29, 0.717) is 24.4 Å². The normalized spacial score (nSPS) is 23.6. The van der Waals surface area contributed by atoms with Crippen molar-refractivity contribution in [2.75, 3.05) is 12.4 Å². The maximum absolute atomic E-state index is 13.4. The Labute approximate surface area is 139 Å². The van der Waals surface area contributed by atoms with Crippen LogP contribution in [0.1, 0.15) is 25.7 Å². The molecule has 1 fully saturated rings. The van der Waals surface area contributed by atoms with Crippen molar-refractivity contribution < 1.29 is 9.13 Å². The third-order valence-corrected chi connectivity index (χ3v) is 4.61. The van der Waals surface area contributed by atoms with E-state index in [1.165, 1.54) is 31.7 Å². The first kappa shape index (κ1) is 16.6. The van der Waals surface area contributed by atoms with Gasteiger partial charge < -0.3 is 10.1 Å². The van der Waals surface area contributed by atoms with Crippen molar-refractivity contribution in [3.05, 3.63) is 30.1 Å². The van der Waals surface area contributed by atoms with Gasteiger partial charge in [0.05, 0.1) is 18.7 Å². The van der Waals surface area contributed by atoms with Crippen LogP contribution in [0.5, 0.6) is 5.75 Å². The van der Waals surface area contributed by atoms with Crippen LogP contribution < -0.4 is 10.1 Å². The molecule has 1 aliphatic carbocycles. The molecular weight excluding hydrogens is 355 g/mol. The molecule has 2 unspecified atom stereocenters. The minimum atomic E-state index is -0.306. The summed E-state index contributed by atoms with van der Waals surface area (Å²) in [7, 11) is 0. The summed E-state index contributed by atoms with van der Waals surface area (Å²) in [5, 5.41) is 4.51. The number of nitrogens with zero attached hydrogens (tertiary/aromatic N) is 1. The number of thioether (sulfide) groups is 1. The van der Waals surface area contributed by atoms with Crippen molar-refractivity contribution in [1.29, 1.82) is 0 Å². The average Bonchev–Trinajstić information content (AvgIpc) is 2.88. The first-order valence-corrected chi connectivity index (χ1v) is 8.16. The van der Waals surface area contributed by atoms with Crippen molar-refractivity contribution >= 4 is 33.9 Å². The second kappa shape index (κ2) is 8.03. The summed E-state index contributed by atoms with van der Waals surface area (Å²) < 4.78 is 18.8. The van der Waals surface area contributed by atoms with Gasteiger partial charge in [-0.05, 0) is 25.0 Å². The number of amidine groups is 1. The molecule has 116 valence electrons. The van der Waals surface area contributed by atoms with Crippen molar-refractivity contribution in [3.8, 4) is 5.75 Å². The molecule has 0 saturated heterocycles. The predicted molar refractivity (Wildman–Crippen MR) is 91.3 cm³/mol. The first-order chi connectivity index (χ1) is 9.83. The monoisotopic (exact) mass is 374 g/mol. The highest BCUT2D eigenvalue weighted by atomic mass is 79.9. The van der Waals surface area contributed by atoms with Gasteiger partial charge in [0.15, 0.2) is 16.7 Å². The van der Waals surface area contributed by atoms with E-state index in [4.69, 9.17) is 9.73 Å². The number of benzene rings is 1. The van der Waals surface area contributed by atoms with Crippen molar-refractivity contribution in [2.45, 2.75) is 37.8 Å². The second-order valence-electron chi connectivity index (χ2n) is 5.16. The van der Waals surface area contributed by atoms with Crippen molar-refractivity contribution in [3.63, 3.8) is 0 Å². The Balaban J connectivity index is 0.00000161. The van der Waals surface area contributed by atoms with Crippen LogP contribution in [0.2, 0.25) is 0 Å². The number of para-hydroxylation sites is 1. The van der Waals surface area contributed by atoms with Gasteiger partial charge in [0.1, 0.15) is 0 Å². The lowest BCUT2D eigenvalue weighted by Gasteiger charge is -2.23. The molecule has 3 nitrogen and oxygen atoms in total. The Morgan fingerprint density at radius 3 is 2.90 bits per heavy atom. The summed E-state index contributed by atoms with van der Waals surface area (Å²) in [6, 6.07) is 7.52. The van der Waals surface area contributed by atoms with Crippen LogP contribution in [-0.2, 0) is 0 Å². The smallest absolute Gasteiger partial charge is 0.165 e. The molecule has 0 spiro atoms. The minimum absolute atomic E-state index is 0. The van der Waals surface area contributed by atoms with Gasteiger partial charge >= 0.3 is 0 Å². The van der Waals surface area contributed by atoms with E-state index < -0.39 is 0 Å². The Morgan fingerprint density at radius 2 is 2.10 bits per heavy atom. The minimum Gasteiger partial charge on any atom is -0.490 e. The van der Waals surface area contributed by atoms with Crippen LogP contribution in [0, 0.1) is 5.82 Å². The zero-order chi connectivity index (χ0) is 13.8. The fourth-order valence-electron chi connectivity index (χ4n) is 2.71. The molecule has 0 bridgehead atoms. The van der Waals surface area contributed by atoms with E-state index >= 15 is 0 Å². The van der Waals surface area contributed by atoms with Crippen molar-refractivity contribution in [1.82, 2.24) is 5.32 Å². The molecule has 1 aliphatic heterocycles. The SMILES string of the molecule is Br.Fc1ccccc1OCCSC1=NC2CCCCC2N1. The third-order valence-electron chi connectivity index (χ3n) is 3.74. The van der Waals surface area contributed by atoms with Crippen LogP contribution in [-0.4, -0.2) is 29.6 Å². The van der Waals surface area contributed by atoms with Gasteiger partial charge in [0, 0.05) is 5.75 Å². The lowest BCUT2D eigenvalue weighted by molar-refractivity contribution is 0.325. The molecule has 1 heterocycles. The van der Waals surface area contributed by atoms with E-state index in [9.17, 15) is 4.39 Å². The Hall–Kier alpha value is -0.750. The number of halogens is 2. The zero-order valence-corrected chi connectivity index (χ0v) is 14.3. The van der Waals surface area contributed by atoms with E-state index in [1.807, 2.05) is 0 Å². The highest BCUT2D eigenvalue weighted by Crippen LogP contribution is 2.27. The van der Waals surface area contributed by atoms with Crippen molar-refractivity contribution in [2.24, 2.45) is 4.99 Å². The molecule has 6 heteroatoms. The molecule has 0 aromatic heterocycles. The molecule has 2 aliphatic rings. The molecule has 0 amide bonds. The second-order valence-corrected chi connectivity index (χ2v) is 6.25. The number of ether oxygens (including phenoxy) is 1. The predicted octanol–water partition coefficient (Wildman–Crippen LogP) is 3.79. The summed E-state index contributed by atoms with van der Waals surface area (Å²) in [4.78, 5) is 4.71. The van der Waals surface area contributed by atoms with Crippen LogP contribution in [0.15, 0.2) is 29.3 Å². The Kier molecular flexibility index (Phi) is 6.36. The average molecular weight is 375 g/mol. The number of hydrogen-bond acceptors (Lipinski definition) is 4. The summed E-state index contributed by atoms with van der Waals surface area (Å²) in [6.45, 7) is 0.488. The number of rotatable bonds is 4. The highest BCUT2D eigenvalue weighted by molar-refractivity contribution is 8.93. The molecular formula is C15H20BrFN2OS. The first-order valence-electron chi connectivity index (χ1n) is 7.17. The number of fused-ring (bicyclic) bond motifs is 1. The molecule has 1 aromatic rings. The summed E-state index contributed by atoms with van der Waals surface area (Å²) in [6.07, 6.45) is 5.02. The third kappa shape index (κ3) is 4.36. The molecule has 1 N–H and O–H groups in total. The Bertz CT molecular complexity index is 500. The van der Waals surface area contributed by atoms with Crippen LogP contribution in [0.25, 0.3) is 0 Å². The zero-order valence-electron chi connectivity index (χ0n) is 11.8. The standard InChI is InChI=1S/C15H19FN2OS.BrH/c16-11-5-1-4-8-14(11)19-9-10-20-15-17-12-6-2-3-7-13(12)18-15;/h1,4-5,8,12-13H,2-3,6-7,9-10H2,(H,17,18);1H. The van der Waals surface area contributed by atoms with E-state index in [1.54, 1.807) is 30.0 Å². The van der Waals surface area contributed by atoms with Gasteiger partial charge in [-0.15, -0.1) is 17.0 Å². The summed E-state index contributed by atoms with van der Waals surface area (Å²) in [5.74, 6) is 0.794. The van der Waals surface area contributed by atoms with Gasteiger partial charge in [-0.25, -0.2) is 4.39 Å². The van der Waals surface area contributed by atoms with E-state index in [2.05, 4.69) is 5.32 Å². The lowest BCUT2D eigenvalue weighted by Crippen LogP contribution is -2.36. The van der Waals surface area contributed by atoms with E-state index in [-0.39, 0.29) is 22.8 Å². The molecule has 0 radical (unpaired) electrons. The molecule has 21 heavy (non-hydrogen) atoms. The summed E-state index contributed by atoms with van der Waals surface area (Å²) >= 11 is 1.67. The molecule has 2 atom stereocenters. The molecule has 1 saturated carbocycles. The molecule has 3 rings (SSSR count). The van der Waals surface area contributed by atoms with Gasteiger partial charge in [0.2, 0.25) is 0 Å². The largest absolute Gasteiger partial charge is 0.490 e. The number of nitrogens with one attached hydrogen (secondary N) is 1. The summed E-state index contributed by atoms with van der Waals surface area (Å²) in [5.41, 5.74) is 0. The van der Waals surface area contributed by atoms with Gasteiger partial charge in [0.25, 0.3) is 0 Å². The van der Waals surface area contributed by atoms with Crippen LogP contribution in [0.3, 0.4) is 0 Å². The molecule has 1 aromatic carbocycles. The lowest BCUT2D eigenvalue weighted by atomic mass is 9.92. The maximum Gasteiger partial charge on any atom is 0.165 e. The fraction of sp³-hybridized carbons (Fsp3) is 0.533. The Morgan fingerprint density at radius 1 is 1.29 bits per heavy atom. The fourth-order valence-corrected chi connectivity index (χ4v) is 3.52. The van der Waals surface area contributed by atoms with Crippen LogP contribution in [0.4, 0.5) is 4.39 Å². The van der Waals surface area contributed by atoms with Crippen LogP contribution >= 0.6 is 28.7 Å². The topological polar surface area (TPSA) is 33.6 Å². The number of hydrogen-bond donors (Lipinski definition) is 1.